The van der Waals surface area contributed by atoms with Crippen molar-refractivity contribution in [3.05, 3.63) is 94.5 Å². The van der Waals surface area contributed by atoms with Crippen molar-refractivity contribution in [3.63, 3.8) is 0 Å². The zero-order valence-electron chi connectivity index (χ0n) is 19.5. The molecule has 1 aliphatic heterocycles. The summed E-state index contributed by atoms with van der Waals surface area (Å²) in [4.78, 5) is 28.0. The molecule has 0 bridgehead atoms. The molecule has 0 radical (unpaired) electrons. The number of hydrogen-bond acceptors (Lipinski definition) is 5. The van der Waals surface area contributed by atoms with Crippen molar-refractivity contribution in [2.45, 2.75) is 26.3 Å². The van der Waals surface area contributed by atoms with Gasteiger partial charge in [0.1, 0.15) is 17.3 Å². The van der Waals surface area contributed by atoms with Gasteiger partial charge in [0.2, 0.25) is 0 Å². The number of carbonyl (C=O) groups excluding carboxylic acids is 2. The van der Waals surface area contributed by atoms with Crippen LogP contribution < -0.4 is 14.4 Å². The number of Topliss-reactive ketones (excluding diaryl/α,β-unsaturated/α-hetero) is 1. The average molecular weight is 492 g/mol. The lowest BCUT2D eigenvalue weighted by molar-refractivity contribution is -0.132. The molecule has 4 rings (SSSR count). The predicted molar refractivity (Wildman–Crippen MR) is 136 cm³/mol. The van der Waals surface area contributed by atoms with Gasteiger partial charge in [-0.2, -0.15) is 0 Å². The Morgan fingerprint density at radius 2 is 1.63 bits per heavy atom. The number of carbonyl (C=O) groups is 2. The van der Waals surface area contributed by atoms with Crippen LogP contribution in [0.4, 0.5) is 5.69 Å². The Balaban J connectivity index is 1.89. The predicted octanol–water partition coefficient (Wildman–Crippen LogP) is 6.15. The van der Waals surface area contributed by atoms with Gasteiger partial charge in [0.05, 0.1) is 24.8 Å². The molecule has 3 aromatic rings. The fraction of sp³-hybridized carbons (Fsp3) is 0.214. The molecule has 0 aromatic heterocycles. The highest BCUT2D eigenvalue weighted by Crippen LogP contribution is 2.43. The fourth-order valence-electron chi connectivity index (χ4n) is 4.07. The SMILES string of the molecule is CCCOc1cccc(/C(O)=C2/C(=O)C(=O)N(c3ccc(Cl)cc3)C2c2cccc(OCC)c2)c1. The highest BCUT2D eigenvalue weighted by molar-refractivity contribution is 6.51. The largest absolute Gasteiger partial charge is 0.507 e. The van der Waals surface area contributed by atoms with Crippen LogP contribution in [0, 0.1) is 0 Å². The van der Waals surface area contributed by atoms with Gasteiger partial charge >= 0.3 is 0 Å². The summed E-state index contributed by atoms with van der Waals surface area (Å²) in [6, 6.07) is 19.8. The van der Waals surface area contributed by atoms with Crippen molar-refractivity contribution < 1.29 is 24.2 Å². The molecule has 1 aliphatic rings. The standard InChI is InChI=1S/C28H26ClNO5/c1-3-15-35-23-10-6-8-19(17-23)26(31)24-25(18-7-5-9-22(16-18)34-4-2)30(28(33)27(24)32)21-13-11-20(29)12-14-21/h5-14,16-17,25,31H,3-4,15H2,1-2H3/b26-24-. The second kappa shape index (κ2) is 10.7. The monoisotopic (exact) mass is 491 g/mol. The minimum absolute atomic E-state index is 0.00811. The van der Waals surface area contributed by atoms with Gasteiger partial charge in [0, 0.05) is 16.3 Å². The molecule has 35 heavy (non-hydrogen) atoms. The van der Waals surface area contributed by atoms with Crippen molar-refractivity contribution in [1.29, 1.82) is 0 Å². The smallest absolute Gasteiger partial charge is 0.300 e. The molecule has 1 unspecified atom stereocenters. The van der Waals surface area contributed by atoms with Crippen molar-refractivity contribution in [2.24, 2.45) is 0 Å². The molecular weight excluding hydrogens is 466 g/mol. The van der Waals surface area contributed by atoms with Crippen LogP contribution in [0.3, 0.4) is 0 Å². The first kappa shape index (κ1) is 24.4. The van der Waals surface area contributed by atoms with Crippen molar-refractivity contribution >= 4 is 34.7 Å². The minimum Gasteiger partial charge on any atom is -0.507 e. The number of ketones is 1. The maximum absolute atomic E-state index is 13.3. The number of halogens is 1. The lowest BCUT2D eigenvalue weighted by Gasteiger charge is -2.26. The van der Waals surface area contributed by atoms with E-state index in [9.17, 15) is 14.7 Å². The Morgan fingerprint density at radius 1 is 0.943 bits per heavy atom. The van der Waals surface area contributed by atoms with E-state index in [1.165, 1.54) is 4.90 Å². The number of hydrogen-bond donors (Lipinski definition) is 1. The molecule has 1 fully saturated rings. The zero-order valence-corrected chi connectivity index (χ0v) is 20.3. The Bertz CT molecular complexity index is 1270. The maximum atomic E-state index is 13.3. The first-order chi connectivity index (χ1) is 16.9. The third-order valence-corrected chi connectivity index (χ3v) is 5.87. The van der Waals surface area contributed by atoms with Gasteiger partial charge in [0.25, 0.3) is 11.7 Å². The van der Waals surface area contributed by atoms with E-state index in [1.54, 1.807) is 72.8 Å². The number of aliphatic hydroxyl groups is 1. The molecule has 180 valence electrons. The second-order valence-corrected chi connectivity index (χ2v) is 8.46. The van der Waals surface area contributed by atoms with Gasteiger partial charge in [-0.25, -0.2) is 0 Å². The van der Waals surface area contributed by atoms with Gasteiger partial charge in [-0.15, -0.1) is 0 Å². The molecule has 1 saturated heterocycles. The fourth-order valence-corrected chi connectivity index (χ4v) is 4.19. The van der Waals surface area contributed by atoms with Crippen molar-refractivity contribution in [1.82, 2.24) is 0 Å². The van der Waals surface area contributed by atoms with E-state index in [-0.39, 0.29) is 11.3 Å². The molecule has 1 amide bonds. The van der Waals surface area contributed by atoms with Gasteiger partial charge in [0.15, 0.2) is 0 Å². The van der Waals surface area contributed by atoms with E-state index in [1.807, 2.05) is 13.8 Å². The molecule has 3 aromatic carbocycles. The molecule has 0 spiro atoms. The first-order valence-electron chi connectivity index (χ1n) is 11.5. The number of amides is 1. The number of nitrogens with zero attached hydrogens (tertiary/aromatic N) is 1. The number of rotatable bonds is 8. The van der Waals surface area contributed by atoms with Crippen molar-refractivity contribution in [2.75, 3.05) is 18.1 Å². The maximum Gasteiger partial charge on any atom is 0.300 e. The van der Waals surface area contributed by atoms with Crippen LogP contribution in [0.15, 0.2) is 78.4 Å². The summed E-state index contributed by atoms with van der Waals surface area (Å²) in [5.41, 5.74) is 1.50. The normalized spacial score (nSPS) is 17.0. The summed E-state index contributed by atoms with van der Waals surface area (Å²) in [5.74, 6) is -0.615. The molecule has 6 nitrogen and oxygen atoms in total. The van der Waals surface area contributed by atoms with E-state index < -0.39 is 17.7 Å². The topological polar surface area (TPSA) is 76.1 Å². The Hall–Kier alpha value is -3.77. The summed E-state index contributed by atoms with van der Waals surface area (Å²) < 4.78 is 11.3. The molecule has 7 heteroatoms. The lowest BCUT2D eigenvalue weighted by Crippen LogP contribution is -2.29. The summed E-state index contributed by atoms with van der Waals surface area (Å²) in [6.45, 7) is 4.86. The summed E-state index contributed by atoms with van der Waals surface area (Å²) in [5, 5.41) is 11.8. The first-order valence-corrected chi connectivity index (χ1v) is 11.8. The summed E-state index contributed by atoms with van der Waals surface area (Å²) >= 11 is 6.05. The highest BCUT2D eigenvalue weighted by atomic mass is 35.5. The van der Waals surface area contributed by atoms with Crippen LogP contribution in [0.2, 0.25) is 5.02 Å². The van der Waals surface area contributed by atoms with Gasteiger partial charge < -0.3 is 14.6 Å². The van der Waals surface area contributed by atoms with Crippen molar-refractivity contribution in [3.8, 4) is 11.5 Å². The number of benzene rings is 3. The molecule has 0 aliphatic carbocycles. The van der Waals surface area contributed by atoms with Gasteiger partial charge in [-0.3, -0.25) is 14.5 Å². The third kappa shape index (κ3) is 5.03. The summed E-state index contributed by atoms with van der Waals surface area (Å²) in [7, 11) is 0. The second-order valence-electron chi connectivity index (χ2n) is 8.03. The van der Waals surface area contributed by atoms with Gasteiger partial charge in [-0.1, -0.05) is 42.8 Å². The average Bonchev–Trinajstić information content (AvgIpc) is 3.13. The quantitative estimate of drug-likeness (QED) is 0.232. The molecular formula is C28H26ClNO5. The number of ether oxygens (including phenoxy) is 2. The number of anilines is 1. The Labute approximate surface area is 209 Å². The van der Waals surface area contributed by atoms with Gasteiger partial charge in [-0.05, 0) is 67.4 Å². The van der Waals surface area contributed by atoms with Crippen LogP contribution in [-0.2, 0) is 9.59 Å². The van der Waals surface area contributed by atoms with E-state index in [4.69, 9.17) is 21.1 Å². The molecule has 1 atom stereocenters. The van der Waals surface area contributed by atoms with E-state index in [0.29, 0.717) is 46.5 Å². The molecule has 1 heterocycles. The molecule has 1 N–H and O–H groups in total. The highest BCUT2D eigenvalue weighted by Gasteiger charge is 2.47. The van der Waals surface area contributed by atoms with E-state index >= 15 is 0 Å². The number of aliphatic hydroxyl groups excluding tert-OH is 1. The lowest BCUT2D eigenvalue weighted by atomic mass is 9.95. The van der Waals surface area contributed by atoms with Crippen LogP contribution in [0.25, 0.3) is 5.76 Å². The van der Waals surface area contributed by atoms with E-state index in [0.717, 1.165) is 6.42 Å². The molecule has 0 saturated carbocycles. The van der Waals surface area contributed by atoms with Crippen LogP contribution in [0.5, 0.6) is 11.5 Å². The van der Waals surface area contributed by atoms with Crippen LogP contribution >= 0.6 is 11.6 Å². The van der Waals surface area contributed by atoms with E-state index in [2.05, 4.69) is 0 Å². The minimum atomic E-state index is -0.864. The Morgan fingerprint density at radius 3 is 2.31 bits per heavy atom. The third-order valence-electron chi connectivity index (χ3n) is 5.61. The Kier molecular flexibility index (Phi) is 7.42. The van der Waals surface area contributed by atoms with Crippen LogP contribution in [0.1, 0.15) is 37.4 Å². The zero-order chi connectivity index (χ0) is 24.9. The van der Waals surface area contributed by atoms with Crippen LogP contribution in [-0.4, -0.2) is 30.0 Å². The summed E-state index contributed by atoms with van der Waals surface area (Å²) in [6.07, 6.45) is 0.832.